The highest BCUT2D eigenvalue weighted by molar-refractivity contribution is 5.79. The summed E-state index contributed by atoms with van der Waals surface area (Å²) in [5.74, 6) is -0.430. The molecule has 1 nitrogen and oxygen atoms in total. The van der Waals surface area contributed by atoms with E-state index in [1.54, 1.807) is 25.3 Å². The van der Waals surface area contributed by atoms with Gasteiger partial charge < -0.3 is 5.32 Å². The number of hydrogen-bond acceptors (Lipinski definition) is 1. The third-order valence-electron chi connectivity index (χ3n) is 3.71. The lowest BCUT2D eigenvalue weighted by Crippen LogP contribution is -2.07. The largest absolute Gasteiger partial charge is 0.389 e. The molecule has 24 heavy (non-hydrogen) atoms. The first-order valence-corrected chi connectivity index (χ1v) is 7.83. The Kier molecular flexibility index (Phi) is 8.10. The summed E-state index contributed by atoms with van der Waals surface area (Å²) in [6.07, 6.45) is 2.86. The zero-order chi connectivity index (χ0) is 18.1. The normalized spacial score (nSPS) is 12.8. The van der Waals surface area contributed by atoms with Gasteiger partial charge in [0, 0.05) is 19.2 Å². The van der Waals surface area contributed by atoms with E-state index in [2.05, 4.69) is 18.5 Å². The minimum atomic E-state index is -2.46. The van der Waals surface area contributed by atoms with Gasteiger partial charge in [-0.3, -0.25) is 0 Å². The summed E-state index contributed by atoms with van der Waals surface area (Å²) in [4.78, 5) is 0. The topological polar surface area (TPSA) is 12.0 Å². The highest BCUT2D eigenvalue weighted by atomic mass is 19.3. The van der Waals surface area contributed by atoms with E-state index in [0.717, 1.165) is 5.56 Å². The molecule has 0 amide bonds. The van der Waals surface area contributed by atoms with Crippen LogP contribution in [-0.4, -0.2) is 13.5 Å². The van der Waals surface area contributed by atoms with Crippen molar-refractivity contribution in [1.82, 2.24) is 5.32 Å². The lowest BCUT2D eigenvalue weighted by molar-refractivity contribution is 0.149. The van der Waals surface area contributed by atoms with Crippen LogP contribution in [0.25, 0.3) is 5.57 Å². The van der Waals surface area contributed by atoms with Crippen LogP contribution in [0.1, 0.15) is 29.5 Å². The number of allylic oxidation sites excluding steroid dienone is 6. The number of aryl methyl sites for hydroxylation is 1. The first-order chi connectivity index (χ1) is 11.4. The molecule has 0 saturated heterocycles. The number of alkyl halides is 2. The maximum atomic E-state index is 14.6. The van der Waals surface area contributed by atoms with Crippen LogP contribution in [0.5, 0.6) is 0 Å². The molecule has 0 saturated carbocycles. The van der Waals surface area contributed by atoms with Gasteiger partial charge in [0.05, 0.1) is 0 Å². The second kappa shape index (κ2) is 9.81. The van der Waals surface area contributed by atoms with Crippen molar-refractivity contribution in [3.05, 3.63) is 77.8 Å². The molecule has 1 rings (SSSR count). The van der Waals surface area contributed by atoms with Gasteiger partial charge in [-0.2, -0.15) is 0 Å². The highest BCUT2D eigenvalue weighted by Gasteiger charge is 2.14. The van der Waals surface area contributed by atoms with E-state index in [4.69, 9.17) is 0 Å². The van der Waals surface area contributed by atoms with Gasteiger partial charge in [-0.25, -0.2) is 13.2 Å². The summed E-state index contributed by atoms with van der Waals surface area (Å²) in [6.45, 7) is 9.16. The van der Waals surface area contributed by atoms with Crippen LogP contribution in [-0.2, 0) is 6.42 Å². The molecule has 1 aromatic rings. The van der Waals surface area contributed by atoms with Crippen molar-refractivity contribution in [2.24, 2.45) is 0 Å². The average Bonchev–Trinajstić information content (AvgIpc) is 2.53. The molecular formula is C20H24F3N. The molecule has 0 aliphatic heterocycles. The van der Waals surface area contributed by atoms with Crippen LogP contribution >= 0.6 is 0 Å². The van der Waals surface area contributed by atoms with Crippen molar-refractivity contribution < 1.29 is 13.2 Å². The molecule has 130 valence electrons. The Balaban J connectivity index is 3.37. The van der Waals surface area contributed by atoms with Crippen LogP contribution in [0.3, 0.4) is 0 Å². The van der Waals surface area contributed by atoms with Gasteiger partial charge in [-0.1, -0.05) is 36.9 Å². The molecule has 0 fully saturated rings. The Bertz CT molecular complexity index is 642. The Hall–Kier alpha value is -2.23. The zero-order valence-electron chi connectivity index (χ0n) is 14.2. The second-order valence-corrected chi connectivity index (χ2v) is 5.41. The van der Waals surface area contributed by atoms with Gasteiger partial charge in [-0.05, 0) is 48.1 Å². The van der Waals surface area contributed by atoms with Crippen LogP contribution in [0, 0.1) is 6.92 Å². The van der Waals surface area contributed by atoms with Gasteiger partial charge in [0.15, 0.2) is 0 Å². The number of benzene rings is 1. The van der Waals surface area contributed by atoms with Crippen LogP contribution < -0.4 is 5.32 Å². The molecule has 0 atom stereocenters. The standard InChI is InChI=1S/C20H24F3N/c1-5-7-11-18(24-4)17(21)12-15(6-2)20-14(3)9-8-10-16(20)13-19(22)23/h5-6,8-10,12,19,24H,1-2,7,11,13H2,3-4H3/b15-12+,18-17-. The molecule has 0 radical (unpaired) electrons. The summed E-state index contributed by atoms with van der Waals surface area (Å²) >= 11 is 0. The number of halogens is 3. The molecule has 0 heterocycles. The Morgan fingerprint density at radius 3 is 2.54 bits per heavy atom. The molecule has 1 aromatic carbocycles. The molecule has 0 bridgehead atoms. The molecular weight excluding hydrogens is 311 g/mol. The second-order valence-electron chi connectivity index (χ2n) is 5.41. The Morgan fingerprint density at radius 2 is 2.00 bits per heavy atom. The minimum absolute atomic E-state index is 0.372. The first kappa shape index (κ1) is 19.8. The van der Waals surface area contributed by atoms with Crippen molar-refractivity contribution in [1.29, 1.82) is 0 Å². The average molecular weight is 335 g/mol. The maximum Gasteiger partial charge on any atom is 0.242 e. The Morgan fingerprint density at radius 1 is 1.29 bits per heavy atom. The molecule has 0 unspecified atom stereocenters. The highest BCUT2D eigenvalue weighted by Crippen LogP contribution is 2.28. The quantitative estimate of drug-likeness (QED) is 0.448. The van der Waals surface area contributed by atoms with Crippen LogP contribution in [0.15, 0.2) is 61.1 Å². The van der Waals surface area contributed by atoms with Crippen LogP contribution in [0.4, 0.5) is 13.2 Å². The van der Waals surface area contributed by atoms with E-state index in [0.29, 0.717) is 35.2 Å². The van der Waals surface area contributed by atoms with E-state index in [1.165, 1.54) is 12.2 Å². The van der Waals surface area contributed by atoms with Gasteiger partial charge in [-0.15, -0.1) is 6.58 Å². The lowest BCUT2D eigenvalue weighted by Gasteiger charge is -2.14. The van der Waals surface area contributed by atoms with E-state index in [1.807, 2.05) is 13.0 Å². The van der Waals surface area contributed by atoms with Crippen LogP contribution in [0.2, 0.25) is 0 Å². The molecule has 0 spiro atoms. The zero-order valence-corrected chi connectivity index (χ0v) is 14.2. The van der Waals surface area contributed by atoms with Crippen molar-refractivity contribution in [2.75, 3.05) is 7.05 Å². The van der Waals surface area contributed by atoms with E-state index >= 15 is 0 Å². The maximum absolute atomic E-state index is 14.6. The molecule has 1 N–H and O–H groups in total. The van der Waals surface area contributed by atoms with E-state index in [9.17, 15) is 13.2 Å². The van der Waals surface area contributed by atoms with Crippen molar-refractivity contribution >= 4 is 5.57 Å². The van der Waals surface area contributed by atoms with E-state index < -0.39 is 12.3 Å². The third-order valence-corrected chi connectivity index (χ3v) is 3.71. The predicted octanol–water partition coefficient (Wildman–Crippen LogP) is 5.74. The van der Waals surface area contributed by atoms with Gasteiger partial charge in [0.25, 0.3) is 0 Å². The SMILES string of the molecule is C=CCC/C(NC)=C(F)\C=C(/C=C)c1c(C)cccc1CC(F)F. The molecule has 0 aromatic heterocycles. The van der Waals surface area contributed by atoms with Gasteiger partial charge in [0.2, 0.25) is 6.43 Å². The number of nitrogens with one attached hydrogen (secondary N) is 1. The molecule has 0 aliphatic carbocycles. The summed E-state index contributed by atoms with van der Waals surface area (Å²) in [7, 11) is 1.65. The fourth-order valence-corrected chi connectivity index (χ4v) is 2.54. The van der Waals surface area contributed by atoms with Crippen molar-refractivity contribution in [3.8, 4) is 0 Å². The number of hydrogen-bond donors (Lipinski definition) is 1. The third kappa shape index (κ3) is 5.44. The van der Waals surface area contributed by atoms with Gasteiger partial charge >= 0.3 is 0 Å². The van der Waals surface area contributed by atoms with Crippen molar-refractivity contribution in [2.45, 2.75) is 32.6 Å². The monoisotopic (exact) mass is 335 g/mol. The number of rotatable bonds is 9. The summed E-state index contributed by atoms with van der Waals surface area (Å²) < 4.78 is 40.2. The Labute approximate surface area is 142 Å². The summed E-state index contributed by atoms with van der Waals surface area (Å²) in [6, 6.07) is 5.19. The smallest absolute Gasteiger partial charge is 0.242 e. The first-order valence-electron chi connectivity index (χ1n) is 7.83. The summed E-state index contributed by atoms with van der Waals surface area (Å²) in [5, 5.41) is 2.84. The van der Waals surface area contributed by atoms with Gasteiger partial charge in [0.1, 0.15) is 5.83 Å². The minimum Gasteiger partial charge on any atom is -0.389 e. The fraction of sp³-hybridized carbons (Fsp3) is 0.300. The van der Waals surface area contributed by atoms with Crippen molar-refractivity contribution in [3.63, 3.8) is 0 Å². The molecule has 0 aliphatic rings. The molecule has 4 heteroatoms. The lowest BCUT2D eigenvalue weighted by atomic mass is 9.92. The summed E-state index contributed by atoms with van der Waals surface area (Å²) in [5.41, 5.74) is 2.85. The predicted molar refractivity (Wildman–Crippen MR) is 95.7 cm³/mol. The van der Waals surface area contributed by atoms with E-state index in [-0.39, 0.29) is 6.42 Å². The fourth-order valence-electron chi connectivity index (χ4n) is 2.54.